The highest BCUT2D eigenvalue weighted by Crippen LogP contribution is 2.37. The summed E-state index contributed by atoms with van der Waals surface area (Å²) in [5.74, 6) is -3.13. The number of benzene rings is 2. The first kappa shape index (κ1) is 26.3. The number of hydrogen-bond donors (Lipinski definition) is 1. The number of aromatic carboxylic acids is 1. The number of carbonyl (C=O) groups excluding carboxylic acids is 2. The van der Waals surface area contributed by atoms with Crippen molar-refractivity contribution in [3.8, 4) is 6.07 Å². The first-order valence-electron chi connectivity index (χ1n) is 10.9. The molecule has 2 amide bonds. The van der Waals surface area contributed by atoms with Crippen LogP contribution >= 0.6 is 0 Å². The molecule has 36 heavy (non-hydrogen) atoms. The Morgan fingerprint density at radius 1 is 1.14 bits per heavy atom. The van der Waals surface area contributed by atoms with Crippen molar-refractivity contribution >= 4 is 34.9 Å². The zero-order chi connectivity index (χ0) is 26.8. The van der Waals surface area contributed by atoms with Crippen molar-refractivity contribution in [2.75, 3.05) is 26.1 Å². The van der Waals surface area contributed by atoms with Gasteiger partial charge in [0.1, 0.15) is 17.4 Å². The summed E-state index contributed by atoms with van der Waals surface area (Å²) in [5.41, 5.74) is -0.477. The van der Waals surface area contributed by atoms with Gasteiger partial charge in [-0.15, -0.1) is 0 Å². The molecule has 0 radical (unpaired) electrons. The lowest BCUT2D eigenvalue weighted by Crippen LogP contribution is -2.58. The molecule has 10 heteroatoms. The van der Waals surface area contributed by atoms with E-state index in [0.717, 1.165) is 18.4 Å². The van der Waals surface area contributed by atoms with Gasteiger partial charge in [-0.2, -0.15) is 5.26 Å². The van der Waals surface area contributed by atoms with Crippen molar-refractivity contribution in [3.63, 3.8) is 0 Å². The van der Waals surface area contributed by atoms with Crippen molar-refractivity contribution in [2.45, 2.75) is 26.5 Å². The van der Waals surface area contributed by atoms with E-state index >= 15 is 0 Å². The standard InChI is InChI=1S/C26H26N4O6/c1-15-13-17(29(4)5)11-12-21(15)28-22-16(2)19(14-27)23(31)30(24(22)32)26(3,36-35-6)20-10-8-7-9-18(20)25(33)34/h7-13H,1-6H3,(H,33,34)/b28-22-. The van der Waals surface area contributed by atoms with Crippen molar-refractivity contribution in [2.24, 2.45) is 4.99 Å². The fourth-order valence-corrected chi connectivity index (χ4v) is 4.00. The summed E-state index contributed by atoms with van der Waals surface area (Å²) in [6.45, 7) is 4.61. The van der Waals surface area contributed by atoms with Crippen LogP contribution in [0.15, 0.2) is 58.6 Å². The number of carboxylic acids is 1. The Balaban J connectivity index is 2.27. The molecule has 2 aromatic rings. The number of carboxylic acid groups (broad SMARTS) is 1. The van der Waals surface area contributed by atoms with Crippen LogP contribution in [0.1, 0.15) is 35.3 Å². The number of nitriles is 1. The molecule has 3 rings (SSSR count). The number of nitrogens with zero attached hydrogens (tertiary/aromatic N) is 4. The number of aryl methyl sites for hydroxylation is 1. The van der Waals surface area contributed by atoms with Crippen LogP contribution in [0.3, 0.4) is 0 Å². The molecule has 0 saturated heterocycles. The molecular weight excluding hydrogens is 464 g/mol. The normalized spacial score (nSPS) is 16.7. The SMILES string of the molecule is COOC(C)(c1ccccc1C(=O)O)N1C(=O)C(C#N)=C(C)/C(=N/c2ccc(N(C)C)cc2C)C1=O. The third-order valence-corrected chi connectivity index (χ3v) is 5.92. The second-order valence-electron chi connectivity index (χ2n) is 8.47. The van der Waals surface area contributed by atoms with E-state index in [1.165, 1.54) is 38.1 Å². The van der Waals surface area contributed by atoms with Gasteiger partial charge in [-0.25, -0.2) is 24.5 Å². The fourth-order valence-electron chi connectivity index (χ4n) is 4.00. The van der Waals surface area contributed by atoms with Gasteiger partial charge in [-0.05, 0) is 50.6 Å². The first-order chi connectivity index (χ1) is 17.0. The van der Waals surface area contributed by atoms with E-state index in [4.69, 9.17) is 9.78 Å². The van der Waals surface area contributed by atoms with Gasteiger partial charge in [0.05, 0.1) is 18.4 Å². The van der Waals surface area contributed by atoms with Crippen LogP contribution in [0.25, 0.3) is 0 Å². The molecule has 0 bridgehead atoms. The average Bonchev–Trinajstić information content (AvgIpc) is 2.83. The molecule has 1 atom stereocenters. The van der Waals surface area contributed by atoms with Crippen LogP contribution in [0, 0.1) is 18.3 Å². The third-order valence-electron chi connectivity index (χ3n) is 5.92. The van der Waals surface area contributed by atoms with E-state index in [1.807, 2.05) is 44.1 Å². The van der Waals surface area contributed by atoms with Gasteiger partial charge in [0.25, 0.3) is 11.8 Å². The number of amides is 2. The van der Waals surface area contributed by atoms with Crippen molar-refractivity contribution in [1.29, 1.82) is 5.26 Å². The largest absolute Gasteiger partial charge is 0.478 e. The van der Waals surface area contributed by atoms with Gasteiger partial charge < -0.3 is 10.0 Å². The van der Waals surface area contributed by atoms with Crippen molar-refractivity contribution in [3.05, 3.63) is 70.3 Å². The smallest absolute Gasteiger partial charge is 0.336 e. The number of carbonyl (C=O) groups is 3. The predicted octanol–water partition coefficient (Wildman–Crippen LogP) is 3.49. The summed E-state index contributed by atoms with van der Waals surface area (Å²) in [6, 6.07) is 13.0. The Hall–Kier alpha value is -4.33. The molecular formula is C26H26N4O6. The number of rotatable bonds is 7. The van der Waals surface area contributed by atoms with Crippen LogP contribution in [-0.2, 0) is 25.1 Å². The predicted molar refractivity (Wildman–Crippen MR) is 132 cm³/mol. The lowest BCUT2D eigenvalue weighted by atomic mass is 9.91. The molecule has 1 heterocycles. The molecule has 2 aromatic carbocycles. The lowest BCUT2D eigenvalue weighted by molar-refractivity contribution is -0.373. The van der Waals surface area contributed by atoms with Crippen molar-refractivity contribution in [1.82, 2.24) is 4.90 Å². The molecule has 1 N–H and O–H groups in total. The number of anilines is 1. The maximum Gasteiger partial charge on any atom is 0.336 e. The molecule has 10 nitrogen and oxygen atoms in total. The zero-order valence-corrected chi connectivity index (χ0v) is 20.8. The van der Waals surface area contributed by atoms with Gasteiger partial charge in [-0.1, -0.05) is 18.2 Å². The molecule has 0 spiro atoms. The second-order valence-corrected chi connectivity index (χ2v) is 8.47. The number of hydrogen-bond acceptors (Lipinski definition) is 8. The quantitative estimate of drug-likeness (QED) is 0.354. The van der Waals surface area contributed by atoms with E-state index in [2.05, 4.69) is 4.99 Å². The number of aliphatic imine (C=N–C) groups is 1. The molecule has 1 aliphatic rings. The van der Waals surface area contributed by atoms with E-state index in [0.29, 0.717) is 10.6 Å². The monoisotopic (exact) mass is 490 g/mol. The molecule has 186 valence electrons. The third kappa shape index (κ3) is 4.49. The minimum atomic E-state index is -2.04. The maximum absolute atomic E-state index is 13.8. The molecule has 0 fully saturated rings. The van der Waals surface area contributed by atoms with Gasteiger partial charge in [0.15, 0.2) is 0 Å². The topological polar surface area (TPSA) is 133 Å². The molecule has 0 aromatic heterocycles. The van der Waals surface area contributed by atoms with Crippen LogP contribution in [0.4, 0.5) is 11.4 Å². The Kier molecular flexibility index (Phi) is 7.38. The highest BCUT2D eigenvalue weighted by molar-refractivity contribution is 6.51. The average molecular weight is 491 g/mol. The van der Waals surface area contributed by atoms with Gasteiger partial charge in [0, 0.05) is 30.9 Å². The van der Waals surface area contributed by atoms with Gasteiger partial charge in [-0.3, -0.25) is 9.59 Å². The first-order valence-corrected chi connectivity index (χ1v) is 10.9. The fraction of sp³-hybridized carbons (Fsp3) is 0.269. The minimum Gasteiger partial charge on any atom is -0.478 e. The Labute approximate surface area is 208 Å². The summed E-state index contributed by atoms with van der Waals surface area (Å²) < 4.78 is 0. The van der Waals surface area contributed by atoms with Crippen LogP contribution < -0.4 is 4.90 Å². The summed E-state index contributed by atoms with van der Waals surface area (Å²) in [6.07, 6.45) is 0. The molecule has 1 aliphatic heterocycles. The van der Waals surface area contributed by atoms with Crippen LogP contribution in [-0.4, -0.2) is 54.7 Å². The Morgan fingerprint density at radius 3 is 2.36 bits per heavy atom. The summed E-state index contributed by atoms with van der Waals surface area (Å²) in [5, 5.41) is 19.5. The van der Waals surface area contributed by atoms with E-state index in [9.17, 15) is 24.8 Å². The van der Waals surface area contributed by atoms with E-state index < -0.39 is 23.5 Å². The molecule has 1 unspecified atom stereocenters. The van der Waals surface area contributed by atoms with Gasteiger partial charge in [0.2, 0.25) is 5.72 Å². The molecule has 0 saturated carbocycles. The lowest BCUT2D eigenvalue weighted by Gasteiger charge is -2.40. The maximum atomic E-state index is 13.8. The zero-order valence-electron chi connectivity index (χ0n) is 20.8. The van der Waals surface area contributed by atoms with Crippen molar-refractivity contribution < 1.29 is 29.3 Å². The highest BCUT2D eigenvalue weighted by atomic mass is 17.2. The summed E-state index contributed by atoms with van der Waals surface area (Å²) >= 11 is 0. The van der Waals surface area contributed by atoms with E-state index in [-0.39, 0.29) is 28.0 Å². The van der Waals surface area contributed by atoms with Crippen LogP contribution in [0.5, 0.6) is 0 Å². The highest BCUT2D eigenvalue weighted by Gasteiger charge is 2.50. The summed E-state index contributed by atoms with van der Waals surface area (Å²) in [7, 11) is 4.95. The minimum absolute atomic E-state index is 0.0243. The van der Waals surface area contributed by atoms with Crippen LogP contribution in [0.2, 0.25) is 0 Å². The van der Waals surface area contributed by atoms with Gasteiger partial charge >= 0.3 is 5.97 Å². The Bertz CT molecular complexity index is 1350. The van der Waals surface area contributed by atoms with E-state index in [1.54, 1.807) is 6.07 Å². The number of imide groups is 1. The Morgan fingerprint density at radius 2 is 1.81 bits per heavy atom. The molecule has 0 aliphatic carbocycles. The second kappa shape index (κ2) is 10.1. The summed E-state index contributed by atoms with van der Waals surface area (Å²) in [4.78, 5) is 56.6.